The van der Waals surface area contributed by atoms with Crippen LogP contribution < -0.4 is 0 Å². The SMILES string of the molecule is COC(=O)C1CCCN(S(=O)(=O)c2cccs2)C1. The molecule has 1 saturated heterocycles. The quantitative estimate of drug-likeness (QED) is 0.787. The van der Waals surface area contributed by atoms with Crippen LogP contribution in [0.15, 0.2) is 21.7 Å². The van der Waals surface area contributed by atoms with E-state index in [0.717, 1.165) is 0 Å². The molecule has 1 unspecified atom stereocenters. The summed E-state index contributed by atoms with van der Waals surface area (Å²) in [5.74, 6) is -0.681. The van der Waals surface area contributed by atoms with Crippen molar-refractivity contribution in [2.24, 2.45) is 5.92 Å². The highest BCUT2D eigenvalue weighted by molar-refractivity contribution is 7.91. The van der Waals surface area contributed by atoms with Crippen LogP contribution in [0, 0.1) is 5.92 Å². The molecule has 0 N–H and O–H groups in total. The number of piperidine rings is 1. The molecule has 1 aromatic heterocycles. The largest absolute Gasteiger partial charge is 0.469 e. The molecule has 1 aromatic rings. The zero-order valence-electron chi connectivity index (χ0n) is 10.0. The van der Waals surface area contributed by atoms with Crippen molar-refractivity contribution < 1.29 is 17.9 Å². The molecule has 0 aliphatic carbocycles. The fourth-order valence-electron chi connectivity index (χ4n) is 2.06. The number of ether oxygens (including phenoxy) is 1. The van der Waals surface area contributed by atoms with Gasteiger partial charge in [-0.15, -0.1) is 11.3 Å². The molecule has 0 radical (unpaired) electrons. The average molecular weight is 289 g/mol. The maximum absolute atomic E-state index is 12.3. The highest BCUT2D eigenvalue weighted by Crippen LogP contribution is 2.26. The van der Waals surface area contributed by atoms with E-state index < -0.39 is 10.0 Å². The molecule has 1 atom stereocenters. The Balaban J connectivity index is 2.17. The maximum Gasteiger partial charge on any atom is 0.309 e. The summed E-state index contributed by atoms with van der Waals surface area (Å²) in [6.07, 6.45) is 1.37. The molecule has 7 heteroatoms. The summed E-state index contributed by atoms with van der Waals surface area (Å²) in [6, 6.07) is 3.29. The molecule has 1 aliphatic heterocycles. The highest BCUT2D eigenvalue weighted by atomic mass is 32.2. The Bertz CT molecular complexity index is 509. The maximum atomic E-state index is 12.3. The first-order chi connectivity index (χ1) is 8.55. The fraction of sp³-hybridized carbons (Fsp3) is 0.545. The van der Waals surface area contributed by atoms with Crippen molar-refractivity contribution in [2.75, 3.05) is 20.2 Å². The third-order valence-electron chi connectivity index (χ3n) is 3.01. The van der Waals surface area contributed by atoms with Crippen molar-refractivity contribution >= 4 is 27.3 Å². The Morgan fingerprint density at radius 2 is 2.33 bits per heavy atom. The second kappa shape index (κ2) is 5.38. The van der Waals surface area contributed by atoms with Gasteiger partial charge < -0.3 is 4.74 Å². The van der Waals surface area contributed by atoms with Gasteiger partial charge in [0.2, 0.25) is 0 Å². The molecule has 0 amide bonds. The van der Waals surface area contributed by atoms with Crippen molar-refractivity contribution in [2.45, 2.75) is 17.1 Å². The van der Waals surface area contributed by atoms with Gasteiger partial charge in [0, 0.05) is 13.1 Å². The van der Waals surface area contributed by atoms with Gasteiger partial charge in [0.15, 0.2) is 0 Å². The molecular weight excluding hydrogens is 274 g/mol. The summed E-state index contributed by atoms with van der Waals surface area (Å²) < 4.78 is 31.0. The van der Waals surface area contributed by atoms with E-state index in [4.69, 9.17) is 0 Å². The molecule has 18 heavy (non-hydrogen) atoms. The van der Waals surface area contributed by atoms with Gasteiger partial charge in [-0.3, -0.25) is 4.79 Å². The molecule has 1 fully saturated rings. The summed E-state index contributed by atoms with van der Waals surface area (Å²) in [5, 5.41) is 1.73. The lowest BCUT2D eigenvalue weighted by Gasteiger charge is -2.29. The van der Waals surface area contributed by atoms with E-state index in [-0.39, 0.29) is 18.4 Å². The first kappa shape index (κ1) is 13.5. The summed E-state index contributed by atoms with van der Waals surface area (Å²) in [5.41, 5.74) is 0. The summed E-state index contributed by atoms with van der Waals surface area (Å²) >= 11 is 1.19. The Hall–Kier alpha value is -0.920. The van der Waals surface area contributed by atoms with E-state index in [9.17, 15) is 13.2 Å². The third-order valence-corrected chi connectivity index (χ3v) is 6.25. The molecule has 0 spiro atoms. The van der Waals surface area contributed by atoms with Gasteiger partial charge in [0.25, 0.3) is 10.0 Å². The number of nitrogens with zero attached hydrogens (tertiary/aromatic N) is 1. The van der Waals surface area contributed by atoms with Crippen LogP contribution in [-0.2, 0) is 19.6 Å². The molecular formula is C11H15NO4S2. The first-order valence-corrected chi connectivity index (χ1v) is 7.99. The number of hydrogen-bond acceptors (Lipinski definition) is 5. The average Bonchev–Trinajstić information content (AvgIpc) is 2.92. The van der Waals surface area contributed by atoms with Crippen LogP contribution in [0.4, 0.5) is 0 Å². The van der Waals surface area contributed by atoms with Gasteiger partial charge in [-0.2, -0.15) is 4.31 Å². The van der Waals surface area contributed by atoms with Crippen LogP contribution in [0.2, 0.25) is 0 Å². The van der Waals surface area contributed by atoms with E-state index in [1.807, 2.05) is 0 Å². The molecule has 0 saturated carbocycles. The lowest BCUT2D eigenvalue weighted by atomic mass is 10.0. The van der Waals surface area contributed by atoms with Crippen LogP contribution in [0.3, 0.4) is 0 Å². The number of methoxy groups -OCH3 is 1. The number of carbonyl (C=O) groups excluding carboxylic acids is 1. The Morgan fingerprint density at radius 3 is 2.94 bits per heavy atom. The molecule has 2 heterocycles. The summed E-state index contributed by atoms with van der Waals surface area (Å²) in [6.45, 7) is 0.681. The van der Waals surface area contributed by atoms with Crippen molar-refractivity contribution in [1.82, 2.24) is 4.31 Å². The van der Waals surface area contributed by atoms with Crippen LogP contribution in [0.25, 0.3) is 0 Å². The monoisotopic (exact) mass is 289 g/mol. The van der Waals surface area contributed by atoms with Crippen molar-refractivity contribution in [3.05, 3.63) is 17.5 Å². The predicted octanol–water partition coefficient (Wildman–Crippen LogP) is 1.32. The zero-order chi connectivity index (χ0) is 13.2. The number of rotatable bonds is 3. The number of sulfonamides is 1. The summed E-state index contributed by atoms with van der Waals surface area (Å²) in [7, 11) is -2.12. The van der Waals surface area contributed by atoms with Crippen molar-refractivity contribution in [1.29, 1.82) is 0 Å². The third kappa shape index (κ3) is 2.57. The van der Waals surface area contributed by atoms with Crippen LogP contribution in [-0.4, -0.2) is 38.9 Å². The second-order valence-electron chi connectivity index (χ2n) is 4.16. The van der Waals surface area contributed by atoms with Gasteiger partial charge in [0.1, 0.15) is 4.21 Å². The molecule has 5 nitrogen and oxygen atoms in total. The molecule has 1 aliphatic rings. The van der Waals surface area contributed by atoms with Crippen molar-refractivity contribution in [3.8, 4) is 0 Å². The van der Waals surface area contributed by atoms with E-state index >= 15 is 0 Å². The number of thiophene rings is 1. The van der Waals surface area contributed by atoms with Crippen LogP contribution >= 0.6 is 11.3 Å². The Labute approximate surface area is 110 Å². The van der Waals surface area contributed by atoms with E-state index in [1.165, 1.54) is 22.8 Å². The minimum Gasteiger partial charge on any atom is -0.469 e. The van der Waals surface area contributed by atoms with Gasteiger partial charge in [-0.05, 0) is 24.3 Å². The topological polar surface area (TPSA) is 63.7 Å². The van der Waals surface area contributed by atoms with E-state index in [2.05, 4.69) is 4.74 Å². The number of esters is 1. The minimum atomic E-state index is -3.45. The van der Waals surface area contributed by atoms with Gasteiger partial charge in [0.05, 0.1) is 13.0 Å². The molecule has 100 valence electrons. The second-order valence-corrected chi connectivity index (χ2v) is 7.27. The van der Waals surface area contributed by atoms with Crippen LogP contribution in [0.1, 0.15) is 12.8 Å². The van der Waals surface area contributed by atoms with E-state index in [0.29, 0.717) is 23.6 Å². The van der Waals surface area contributed by atoms with E-state index in [1.54, 1.807) is 17.5 Å². The van der Waals surface area contributed by atoms with Gasteiger partial charge in [-0.25, -0.2) is 8.42 Å². The number of carbonyl (C=O) groups is 1. The fourth-order valence-corrected chi connectivity index (χ4v) is 4.73. The summed E-state index contributed by atoms with van der Waals surface area (Å²) in [4.78, 5) is 11.5. The predicted molar refractivity (Wildman–Crippen MR) is 67.8 cm³/mol. The minimum absolute atomic E-state index is 0.215. The molecule has 0 bridgehead atoms. The van der Waals surface area contributed by atoms with Gasteiger partial charge >= 0.3 is 5.97 Å². The lowest BCUT2D eigenvalue weighted by molar-refractivity contribution is -0.146. The molecule has 0 aromatic carbocycles. The first-order valence-electron chi connectivity index (χ1n) is 5.67. The lowest BCUT2D eigenvalue weighted by Crippen LogP contribution is -2.42. The Morgan fingerprint density at radius 1 is 1.56 bits per heavy atom. The number of hydrogen-bond donors (Lipinski definition) is 0. The zero-order valence-corrected chi connectivity index (χ0v) is 11.7. The van der Waals surface area contributed by atoms with Gasteiger partial charge in [-0.1, -0.05) is 6.07 Å². The Kier molecular flexibility index (Phi) is 4.04. The smallest absolute Gasteiger partial charge is 0.309 e. The van der Waals surface area contributed by atoms with Crippen molar-refractivity contribution in [3.63, 3.8) is 0 Å². The normalized spacial score (nSPS) is 21.7. The standard InChI is InChI=1S/C11H15NO4S2/c1-16-11(13)9-4-2-6-12(8-9)18(14,15)10-5-3-7-17-10/h3,5,7,9H,2,4,6,8H2,1H3. The highest BCUT2D eigenvalue weighted by Gasteiger charge is 2.34. The molecule has 2 rings (SSSR count). The van der Waals surface area contributed by atoms with Crippen LogP contribution in [0.5, 0.6) is 0 Å².